The van der Waals surface area contributed by atoms with Gasteiger partial charge < -0.3 is 15.6 Å². The third-order valence-electron chi connectivity index (χ3n) is 2.12. The summed E-state index contributed by atoms with van der Waals surface area (Å²) >= 11 is 0. The highest BCUT2D eigenvalue weighted by Crippen LogP contribution is 2.23. The summed E-state index contributed by atoms with van der Waals surface area (Å²) in [6.45, 7) is -0.0884. The Hall–Kier alpha value is -2.42. The van der Waals surface area contributed by atoms with Crippen molar-refractivity contribution in [1.29, 1.82) is 0 Å². The van der Waals surface area contributed by atoms with Crippen molar-refractivity contribution in [2.24, 2.45) is 5.84 Å². The van der Waals surface area contributed by atoms with Crippen LogP contribution in [0.3, 0.4) is 0 Å². The molecule has 18 heavy (non-hydrogen) atoms. The van der Waals surface area contributed by atoms with E-state index in [2.05, 4.69) is 15.7 Å². The molecule has 0 aliphatic rings. The molecule has 98 valence electrons. The minimum atomic E-state index is -0.588. The van der Waals surface area contributed by atoms with E-state index in [1.807, 2.05) is 0 Å². The fourth-order valence-corrected chi connectivity index (χ4v) is 1.13. The van der Waals surface area contributed by atoms with Gasteiger partial charge in [0.25, 0.3) is 0 Å². The van der Waals surface area contributed by atoms with E-state index < -0.39 is 4.92 Å². The molecule has 1 heterocycles. The van der Waals surface area contributed by atoms with Gasteiger partial charge in [0.15, 0.2) is 0 Å². The number of nitro groups is 1. The lowest BCUT2D eigenvalue weighted by atomic mass is 10.3. The van der Waals surface area contributed by atoms with Gasteiger partial charge in [0.1, 0.15) is 5.82 Å². The highest BCUT2D eigenvalue weighted by Gasteiger charge is 2.16. The lowest BCUT2D eigenvalue weighted by Gasteiger charge is -2.11. The molecule has 0 radical (unpaired) electrons. The number of pyridine rings is 1. The minimum Gasteiger partial charge on any atom is -0.355 e. The van der Waals surface area contributed by atoms with E-state index in [9.17, 15) is 14.9 Å². The van der Waals surface area contributed by atoms with Gasteiger partial charge in [-0.2, -0.15) is 0 Å². The topological polar surface area (TPSA) is 126 Å². The summed E-state index contributed by atoms with van der Waals surface area (Å²) in [5.74, 6) is 5.19. The molecule has 0 aliphatic heterocycles. The molecule has 0 saturated carbocycles. The Morgan fingerprint density at radius 1 is 1.56 bits per heavy atom. The molecule has 1 aromatic heterocycles. The zero-order valence-electron chi connectivity index (χ0n) is 10.0. The summed E-state index contributed by atoms with van der Waals surface area (Å²) < 4.78 is 0. The number of nitrogen functional groups attached to an aromatic ring is 1. The number of likely N-dealkylation sites (N-methyl/N-ethyl adjacent to an activating group) is 1. The van der Waals surface area contributed by atoms with E-state index in [0.717, 1.165) is 0 Å². The molecular formula is C9H14N6O3. The van der Waals surface area contributed by atoms with Crippen molar-refractivity contribution in [3.05, 3.63) is 22.2 Å². The van der Waals surface area contributed by atoms with Crippen LogP contribution in [0.4, 0.5) is 17.3 Å². The van der Waals surface area contributed by atoms with Crippen LogP contribution in [0, 0.1) is 10.1 Å². The molecule has 0 aromatic carbocycles. The molecule has 0 unspecified atom stereocenters. The Morgan fingerprint density at radius 2 is 2.22 bits per heavy atom. The molecule has 0 atom stereocenters. The molecule has 4 N–H and O–H groups in total. The average molecular weight is 254 g/mol. The average Bonchev–Trinajstić information content (AvgIpc) is 2.34. The maximum atomic E-state index is 11.4. The third-order valence-corrected chi connectivity index (χ3v) is 2.12. The number of nitrogens with two attached hydrogens (primary N) is 1. The van der Waals surface area contributed by atoms with Gasteiger partial charge >= 0.3 is 5.69 Å². The SMILES string of the molecule is CN(C)C(=O)CNc1nc(NN)ccc1[N+](=O)[O-]. The van der Waals surface area contributed by atoms with Crippen LogP contribution in [0.25, 0.3) is 0 Å². The molecule has 1 aromatic rings. The number of carbonyl (C=O) groups is 1. The number of hydrogen-bond acceptors (Lipinski definition) is 7. The van der Waals surface area contributed by atoms with E-state index in [1.165, 1.54) is 17.0 Å². The second-order valence-corrected chi connectivity index (χ2v) is 3.61. The van der Waals surface area contributed by atoms with Crippen LogP contribution in [0.15, 0.2) is 12.1 Å². The number of aromatic nitrogens is 1. The largest absolute Gasteiger partial charge is 0.355 e. The number of anilines is 2. The van der Waals surface area contributed by atoms with Gasteiger partial charge in [-0.1, -0.05) is 0 Å². The van der Waals surface area contributed by atoms with Crippen LogP contribution < -0.4 is 16.6 Å². The van der Waals surface area contributed by atoms with Crippen LogP contribution in [-0.2, 0) is 4.79 Å². The molecule has 0 aliphatic carbocycles. The summed E-state index contributed by atoms with van der Waals surface area (Å²) in [6.07, 6.45) is 0. The molecule has 9 heteroatoms. The Labute approximate surface area is 103 Å². The fraction of sp³-hybridized carbons (Fsp3) is 0.333. The number of rotatable bonds is 5. The van der Waals surface area contributed by atoms with Crippen LogP contribution in [0.5, 0.6) is 0 Å². The zero-order valence-corrected chi connectivity index (χ0v) is 10.0. The fourth-order valence-electron chi connectivity index (χ4n) is 1.13. The highest BCUT2D eigenvalue weighted by atomic mass is 16.6. The van der Waals surface area contributed by atoms with Gasteiger partial charge in [0, 0.05) is 20.2 Å². The molecule has 0 fully saturated rings. The smallest absolute Gasteiger partial charge is 0.311 e. The predicted molar refractivity (Wildman–Crippen MR) is 65.9 cm³/mol. The van der Waals surface area contributed by atoms with Gasteiger partial charge in [0.05, 0.1) is 11.5 Å². The summed E-state index contributed by atoms with van der Waals surface area (Å²) in [6, 6.07) is 2.63. The van der Waals surface area contributed by atoms with Gasteiger partial charge in [-0.15, -0.1) is 0 Å². The number of hydrazine groups is 1. The lowest BCUT2D eigenvalue weighted by molar-refractivity contribution is -0.384. The first-order chi connectivity index (χ1) is 8.45. The Kier molecular flexibility index (Phi) is 4.38. The van der Waals surface area contributed by atoms with Crippen LogP contribution >= 0.6 is 0 Å². The standard InChI is InChI=1S/C9H14N6O3/c1-14(2)8(16)5-11-9-6(15(17)18)3-4-7(12-9)13-10/h3-4H,5,10H2,1-2H3,(H2,11,12,13). The second kappa shape index (κ2) is 5.77. The summed E-state index contributed by atoms with van der Waals surface area (Å²) in [5, 5.41) is 13.4. The van der Waals surface area contributed by atoms with Crippen molar-refractivity contribution >= 4 is 23.2 Å². The lowest BCUT2D eigenvalue weighted by Crippen LogP contribution is -2.29. The van der Waals surface area contributed by atoms with Crippen molar-refractivity contribution in [2.75, 3.05) is 31.4 Å². The second-order valence-electron chi connectivity index (χ2n) is 3.61. The van der Waals surface area contributed by atoms with Crippen molar-refractivity contribution in [3.8, 4) is 0 Å². The zero-order chi connectivity index (χ0) is 13.7. The first-order valence-electron chi connectivity index (χ1n) is 5.01. The van der Waals surface area contributed by atoms with Crippen molar-refractivity contribution in [3.63, 3.8) is 0 Å². The summed E-state index contributed by atoms with van der Waals surface area (Å²) in [4.78, 5) is 26.8. The Balaban J connectivity index is 2.91. The monoisotopic (exact) mass is 254 g/mol. The van der Waals surface area contributed by atoms with Gasteiger partial charge in [-0.05, 0) is 6.07 Å². The first-order valence-corrected chi connectivity index (χ1v) is 5.01. The first kappa shape index (κ1) is 13.6. The number of hydrogen-bond donors (Lipinski definition) is 3. The number of nitrogens with zero attached hydrogens (tertiary/aromatic N) is 3. The number of carbonyl (C=O) groups excluding carboxylic acids is 1. The van der Waals surface area contributed by atoms with Crippen LogP contribution in [0.2, 0.25) is 0 Å². The maximum absolute atomic E-state index is 11.4. The van der Waals surface area contributed by atoms with E-state index in [4.69, 9.17) is 5.84 Å². The quantitative estimate of drug-likeness (QED) is 0.376. The number of nitrogens with one attached hydrogen (secondary N) is 2. The van der Waals surface area contributed by atoms with Crippen LogP contribution in [-0.4, -0.2) is 41.4 Å². The van der Waals surface area contributed by atoms with Crippen molar-refractivity contribution in [1.82, 2.24) is 9.88 Å². The Morgan fingerprint density at radius 3 is 2.72 bits per heavy atom. The summed E-state index contributed by atoms with van der Waals surface area (Å²) in [7, 11) is 3.17. The molecule has 9 nitrogen and oxygen atoms in total. The van der Waals surface area contributed by atoms with Crippen molar-refractivity contribution < 1.29 is 9.72 Å². The van der Waals surface area contributed by atoms with Gasteiger partial charge in [0.2, 0.25) is 11.7 Å². The van der Waals surface area contributed by atoms with E-state index in [0.29, 0.717) is 0 Å². The molecule has 0 spiro atoms. The highest BCUT2D eigenvalue weighted by molar-refractivity contribution is 5.80. The predicted octanol–water partition coefficient (Wildman–Crippen LogP) is -0.224. The molecular weight excluding hydrogens is 240 g/mol. The maximum Gasteiger partial charge on any atom is 0.311 e. The van der Waals surface area contributed by atoms with E-state index >= 15 is 0 Å². The third kappa shape index (κ3) is 3.28. The Bertz CT molecular complexity index is 462. The van der Waals surface area contributed by atoms with Gasteiger partial charge in [-0.25, -0.2) is 10.8 Å². The summed E-state index contributed by atoms with van der Waals surface area (Å²) in [5.41, 5.74) is 2.05. The van der Waals surface area contributed by atoms with Gasteiger partial charge in [-0.3, -0.25) is 14.9 Å². The van der Waals surface area contributed by atoms with Crippen molar-refractivity contribution in [2.45, 2.75) is 0 Å². The molecule has 0 saturated heterocycles. The molecule has 1 amide bonds. The normalized spacial score (nSPS) is 9.72. The van der Waals surface area contributed by atoms with E-state index in [1.54, 1.807) is 14.1 Å². The molecule has 0 bridgehead atoms. The molecule has 1 rings (SSSR count). The number of amides is 1. The van der Waals surface area contributed by atoms with Crippen LogP contribution in [0.1, 0.15) is 0 Å². The van der Waals surface area contributed by atoms with E-state index in [-0.39, 0.29) is 29.8 Å². The minimum absolute atomic E-state index is 0.00866.